The predicted molar refractivity (Wildman–Crippen MR) is 111 cm³/mol. The van der Waals surface area contributed by atoms with Gasteiger partial charge in [0.15, 0.2) is 11.6 Å². The molecule has 1 aromatic heterocycles. The molecule has 0 spiro atoms. The van der Waals surface area contributed by atoms with Gasteiger partial charge < -0.3 is 14.6 Å². The highest BCUT2D eigenvalue weighted by Gasteiger charge is 2.30. The van der Waals surface area contributed by atoms with Gasteiger partial charge in [0.05, 0.1) is 18.5 Å². The summed E-state index contributed by atoms with van der Waals surface area (Å²) in [6.45, 7) is 0.440. The van der Waals surface area contributed by atoms with Gasteiger partial charge in [-0.2, -0.15) is 8.78 Å². The molecule has 1 unspecified atom stereocenters. The van der Waals surface area contributed by atoms with E-state index in [0.29, 0.717) is 29.5 Å². The molecule has 0 amide bonds. The number of carboxylic acid groups (broad SMARTS) is 1. The smallest absolute Gasteiger partial charge is 0.387 e. The number of methoxy groups -OCH3 is 1. The van der Waals surface area contributed by atoms with Crippen LogP contribution in [0.1, 0.15) is 47.3 Å². The van der Waals surface area contributed by atoms with E-state index < -0.39 is 30.2 Å². The van der Waals surface area contributed by atoms with Crippen LogP contribution in [0.3, 0.4) is 0 Å². The number of ether oxygens (including phenoxy) is 2. The Bertz CT molecular complexity index is 1150. The van der Waals surface area contributed by atoms with Crippen molar-refractivity contribution in [3.05, 3.63) is 59.0 Å². The van der Waals surface area contributed by atoms with Crippen LogP contribution in [0.25, 0.3) is 10.9 Å². The molecule has 1 N–H and O–H groups in total. The Morgan fingerprint density at radius 1 is 1.16 bits per heavy atom. The standard InChI is InChI=1S/C23H22F3NO5/c1-4-5-15(22(29)30)20-12(2)27(18-11-17(24)19(31-3)10-16(18)20)21(28)13-6-8-14(9-7-13)32-23(25)26/h6-11,15,23H,4-5H2,1-3H3,(H,29,30). The van der Waals surface area contributed by atoms with Gasteiger partial charge in [0.2, 0.25) is 0 Å². The maximum absolute atomic E-state index is 14.5. The highest BCUT2D eigenvalue weighted by molar-refractivity contribution is 6.05. The summed E-state index contributed by atoms with van der Waals surface area (Å²) in [6, 6.07) is 7.59. The monoisotopic (exact) mass is 449 g/mol. The Hall–Kier alpha value is -3.49. The molecule has 170 valence electrons. The predicted octanol–water partition coefficient (Wildman–Crippen LogP) is 5.36. The van der Waals surface area contributed by atoms with E-state index in [-0.39, 0.29) is 22.6 Å². The molecule has 0 aliphatic carbocycles. The van der Waals surface area contributed by atoms with Crippen molar-refractivity contribution in [1.82, 2.24) is 4.57 Å². The zero-order valence-electron chi connectivity index (χ0n) is 17.7. The summed E-state index contributed by atoms with van der Waals surface area (Å²) in [6.07, 6.45) is 0.907. The Morgan fingerprint density at radius 3 is 2.34 bits per heavy atom. The third-order valence-corrected chi connectivity index (χ3v) is 5.28. The third kappa shape index (κ3) is 4.28. The van der Waals surface area contributed by atoms with Crippen molar-refractivity contribution in [3.8, 4) is 11.5 Å². The fraction of sp³-hybridized carbons (Fsp3) is 0.304. The van der Waals surface area contributed by atoms with Crippen molar-refractivity contribution in [3.63, 3.8) is 0 Å². The van der Waals surface area contributed by atoms with Gasteiger partial charge >= 0.3 is 12.6 Å². The lowest BCUT2D eigenvalue weighted by molar-refractivity contribution is -0.139. The molecule has 0 saturated carbocycles. The number of rotatable bonds is 8. The van der Waals surface area contributed by atoms with Crippen molar-refractivity contribution in [1.29, 1.82) is 0 Å². The molecule has 0 radical (unpaired) electrons. The molecule has 32 heavy (non-hydrogen) atoms. The van der Waals surface area contributed by atoms with Gasteiger partial charge in [-0.25, -0.2) is 4.39 Å². The quantitative estimate of drug-likeness (QED) is 0.501. The van der Waals surface area contributed by atoms with Gasteiger partial charge in [-0.3, -0.25) is 14.2 Å². The minimum Gasteiger partial charge on any atom is -0.494 e. The third-order valence-electron chi connectivity index (χ3n) is 5.28. The molecule has 1 atom stereocenters. The first-order valence-electron chi connectivity index (χ1n) is 9.90. The average Bonchev–Trinajstić information content (AvgIpc) is 3.01. The van der Waals surface area contributed by atoms with Crippen LogP contribution >= 0.6 is 0 Å². The summed E-state index contributed by atoms with van der Waals surface area (Å²) in [5.41, 5.74) is 1.08. The van der Waals surface area contributed by atoms with Crippen molar-refractivity contribution in [2.45, 2.75) is 39.2 Å². The summed E-state index contributed by atoms with van der Waals surface area (Å²) < 4.78 is 49.9. The van der Waals surface area contributed by atoms with Gasteiger partial charge in [0, 0.05) is 22.7 Å². The first-order chi connectivity index (χ1) is 15.2. The summed E-state index contributed by atoms with van der Waals surface area (Å²) in [5, 5.41) is 10.2. The number of hydrogen-bond donors (Lipinski definition) is 1. The van der Waals surface area contributed by atoms with E-state index in [4.69, 9.17) is 4.74 Å². The Kier molecular flexibility index (Phi) is 6.76. The zero-order chi connectivity index (χ0) is 23.6. The van der Waals surface area contributed by atoms with E-state index in [2.05, 4.69) is 4.74 Å². The first-order valence-corrected chi connectivity index (χ1v) is 9.90. The minimum atomic E-state index is -3.00. The Labute approximate surface area is 182 Å². The lowest BCUT2D eigenvalue weighted by atomic mass is 9.92. The summed E-state index contributed by atoms with van der Waals surface area (Å²) in [5.74, 6) is -3.42. The van der Waals surface area contributed by atoms with Crippen LogP contribution in [0.2, 0.25) is 0 Å². The van der Waals surface area contributed by atoms with E-state index in [1.54, 1.807) is 6.92 Å². The van der Waals surface area contributed by atoms with Crippen molar-refractivity contribution < 1.29 is 37.3 Å². The van der Waals surface area contributed by atoms with Crippen LogP contribution in [-0.4, -0.2) is 35.3 Å². The van der Waals surface area contributed by atoms with Crippen molar-refractivity contribution in [2.75, 3.05) is 7.11 Å². The number of carboxylic acids is 1. The van der Waals surface area contributed by atoms with Gasteiger partial charge in [0.1, 0.15) is 5.75 Å². The van der Waals surface area contributed by atoms with Gasteiger partial charge in [-0.1, -0.05) is 13.3 Å². The molecule has 6 nitrogen and oxygen atoms in total. The summed E-state index contributed by atoms with van der Waals surface area (Å²) in [4.78, 5) is 25.3. The Morgan fingerprint density at radius 2 is 1.81 bits per heavy atom. The van der Waals surface area contributed by atoms with Gasteiger partial charge in [0.25, 0.3) is 5.91 Å². The van der Waals surface area contributed by atoms with Crippen LogP contribution in [0.4, 0.5) is 13.2 Å². The van der Waals surface area contributed by atoms with Crippen molar-refractivity contribution in [2.24, 2.45) is 0 Å². The first kappa shape index (κ1) is 23.2. The van der Waals surface area contributed by atoms with Crippen LogP contribution in [0.15, 0.2) is 36.4 Å². The fourth-order valence-electron chi connectivity index (χ4n) is 3.89. The average molecular weight is 449 g/mol. The van der Waals surface area contributed by atoms with E-state index in [1.807, 2.05) is 6.92 Å². The second-order valence-electron chi connectivity index (χ2n) is 7.23. The number of nitrogens with zero attached hydrogens (tertiary/aromatic N) is 1. The number of benzene rings is 2. The van der Waals surface area contributed by atoms with Crippen LogP contribution in [0, 0.1) is 12.7 Å². The highest BCUT2D eigenvalue weighted by Crippen LogP contribution is 2.38. The highest BCUT2D eigenvalue weighted by atomic mass is 19.3. The zero-order valence-corrected chi connectivity index (χ0v) is 17.7. The van der Waals surface area contributed by atoms with E-state index in [9.17, 15) is 27.9 Å². The van der Waals surface area contributed by atoms with Crippen LogP contribution in [-0.2, 0) is 4.79 Å². The van der Waals surface area contributed by atoms with E-state index >= 15 is 0 Å². The number of halogens is 3. The van der Waals surface area contributed by atoms with Crippen molar-refractivity contribution >= 4 is 22.8 Å². The molecule has 3 rings (SSSR count). The molecule has 3 aromatic rings. The van der Waals surface area contributed by atoms with Gasteiger partial charge in [-0.05, 0) is 49.2 Å². The lowest BCUT2D eigenvalue weighted by Gasteiger charge is -2.13. The SMILES string of the molecule is CCCC(C(=O)O)c1c(C)n(C(=O)c2ccc(OC(F)F)cc2)c2cc(F)c(OC)cc12. The fourth-order valence-corrected chi connectivity index (χ4v) is 3.89. The number of carbonyl (C=O) groups is 2. The molecule has 0 saturated heterocycles. The molecule has 1 heterocycles. The molecular weight excluding hydrogens is 427 g/mol. The number of hydrogen-bond acceptors (Lipinski definition) is 4. The lowest BCUT2D eigenvalue weighted by Crippen LogP contribution is -2.16. The molecule has 0 bridgehead atoms. The minimum absolute atomic E-state index is 0.0718. The molecule has 2 aromatic carbocycles. The number of carbonyl (C=O) groups excluding carboxylic acids is 1. The van der Waals surface area contributed by atoms with E-state index in [0.717, 1.165) is 6.07 Å². The Balaban J connectivity index is 2.22. The maximum atomic E-state index is 14.5. The molecule has 0 fully saturated rings. The number of alkyl halides is 2. The van der Waals surface area contributed by atoms with Crippen LogP contribution in [0.5, 0.6) is 11.5 Å². The number of aliphatic carboxylic acids is 1. The molecule has 0 aliphatic rings. The summed E-state index contributed by atoms with van der Waals surface area (Å²) in [7, 11) is 1.29. The number of fused-ring (bicyclic) bond motifs is 1. The second-order valence-corrected chi connectivity index (χ2v) is 7.23. The van der Waals surface area contributed by atoms with E-state index in [1.165, 1.54) is 42.0 Å². The molecule has 9 heteroatoms. The molecule has 0 aliphatic heterocycles. The largest absolute Gasteiger partial charge is 0.494 e. The number of aromatic nitrogens is 1. The van der Waals surface area contributed by atoms with Gasteiger partial charge in [-0.15, -0.1) is 0 Å². The topological polar surface area (TPSA) is 77.8 Å². The normalized spacial score (nSPS) is 12.2. The second kappa shape index (κ2) is 9.33. The summed E-state index contributed by atoms with van der Waals surface area (Å²) >= 11 is 0. The maximum Gasteiger partial charge on any atom is 0.387 e. The van der Waals surface area contributed by atoms with Crippen LogP contribution < -0.4 is 9.47 Å². The molecular formula is C23H22F3NO5.